The Labute approximate surface area is 202 Å². The lowest BCUT2D eigenvalue weighted by Gasteiger charge is -2.27. The Morgan fingerprint density at radius 1 is 0.914 bits per heavy atom. The molecule has 7 heteroatoms. The third-order valence-corrected chi connectivity index (χ3v) is 6.07. The number of carbonyl (C=O) groups is 3. The summed E-state index contributed by atoms with van der Waals surface area (Å²) in [4.78, 5) is 39.0. The monoisotopic (exact) mass is 471 g/mol. The van der Waals surface area contributed by atoms with E-state index in [1.807, 2.05) is 30.3 Å². The number of hydrogen-bond donors (Lipinski definition) is 2. The number of carbonyl (C=O) groups excluding carboxylic acids is 2. The fourth-order valence-corrected chi connectivity index (χ4v) is 4.22. The summed E-state index contributed by atoms with van der Waals surface area (Å²) in [6.45, 7) is 0.0922. The van der Waals surface area contributed by atoms with Crippen molar-refractivity contribution in [3.05, 3.63) is 112 Å². The third-order valence-electron chi connectivity index (χ3n) is 6.07. The minimum absolute atomic E-state index is 0.0678. The van der Waals surface area contributed by atoms with Gasteiger partial charge in [0.2, 0.25) is 0 Å². The van der Waals surface area contributed by atoms with Crippen molar-refractivity contribution in [1.29, 1.82) is 0 Å². The second-order valence-corrected chi connectivity index (χ2v) is 8.28. The van der Waals surface area contributed by atoms with Gasteiger partial charge in [0, 0.05) is 13.0 Å². The van der Waals surface area contributed by atoms with Crippen LogP contribution in [0.4, 0.5) is 0 Å². The fraction of sp³-hybridized carbons (Fsp3) is 0.179. The molecule has 7 nitrogen and oxygen atoms in total. The number of amides is 1. The predicted molar refractivity (Wildman–Crippen MR) is 129 cm³/mol. The van der Waals surface area contributed by atoms with Crippen molar-refractivity contribution in [3.8, 4) is 5.75 Å². The molecule has 0 bridgehead atoms. The quantitative estimate of drug-likeness (QED) is 0.477. The number of benzene rings is 3. The number of carboxylic acids is 1. The molecular weight excluding hydrogens is 446 g/mol. The van der Waals surface area contributed by atoms with Crippen molar-refractivity contribution in [2.75, 3.05) is 7.11 Å². The molecule has 0 radical (unpaired) electrons. The minimum atomic E-state index is -1.05. The number of methoxy groups -OCH3 is 1. The maximum Gasteiger partial charge on any atom is 0.335 e. The van der Waals surface area contributed by atoms with Crippen LogP contribution < -0.4 is 4.74 Å². The highest BCUT2D eigenvalue weighted by molar-refractivity contribution is 6.09. The highest BCUT2D eigenvalue weighted by atomic mass is 16.5. The molecule has 1 atom stereocenters. The normalized spacial score (nSPS) is 15.4. The Bertz CT molecular complexity index is 1260. The van der Waals surface area contributed by atoms with Crippen LogP contribution in [-0.2, 0) is 22.6 Å². The molecule has 0 spiro atoms. The van der Waals surface area contributed by atoms with E-state index >= 15 is 0 Å². The average molecular weight is 472 g/mol. The molecule has 1 heterocycles. The maximum absolute atomic E-state index is 13.3. The van der Waals surface area contributed by atoms with Gasteiger partial charge in [0.25, 0.3) is 5.91 Å². The molecule has 0 aromatic heterocycles. The first-order valence-electron chi connectivity index (χ1n) is 11.2. The zero-order valence-corrected chi connectivity index (χ0v) is 19.2. The molecule has 35 heavy (non-hydrogen) atoms. The minimum Gasteiger partial charge on any atom is -0.503 e. The van der Waals surface area contributed by atoms with E-state index in [2.05, 4.69) is 0 Å². The molecule has 1 aliphatic rings. The van der Waals surface area contributed by atoms with Crippen LogP contribution in [0.25, 0.3) is 0 Å². The fourth-order valence-electron chi connectivity index (χ4n) is 4.22. The lowest BCUT2D eigenvalue weighted by molar-refractivity contribution is -0.130. The zero-order chi connectivity index (χ0) is 24.9. The Hall–Kier alpha value is -4.39. The summed E-state index contributed by atoms with van der Waals surface area (Å²) in [5.41, 5.74) is 2.52. The molecule has 0 aliphatic carbocycles. The summed E-state index contributed by atoms with van der Waals surface area (Å²) in [5, 5.41) is 19.9. The Kier molecular flexibility index (Phi) is 6.96. The summed E-state index contributed by atoms with van der Waals surface area (Å²) in [5.74, 6) is -1.92. The summed E-state index contributed by atoms with van der Waals surface area (Å²) in [6.07, 6.45) is 0.626. The van der Waals surface area contributed by atoms with Gasteiger partial charge in [0.05, 0.1) is 24.3 Å². The van der Waals surface area contributed by atoms with Gasteiger partial charge in [-0.3, -0.25) is 9.59 Å². The van der Waals surface area contributed by atoms with Gasteiger partial charge < -0.3 is 19.8 Å². The number of ketones is 1. The van der Waals surface area contributed by atoms with Crippen molar-refractivity contribution in [2.24, 2.45) is 0 Å². The summed E-state index contributed by atoms with van der Waals surface area (Å²) >= 11 is 0. The number of ether oxygens (including phenoxy) is 1. The number of Topliss-reactive ketones (excluding diaryl/α,β-unsaturated/α-hetero) is 1. The third kappa shape index (κ3) is 5.09. The summed E-state index contributed by atoms with van der Waals surface area (Å²) < 4.78 is 5.23. The van der Waals surface area contributed by atoms with E-state index in [9.17, 15) is 19.5 Å². The van der Waals surface area contributed by atoms with Crippen molar-refractivity contribution in [3.63, 3.8) is 0 Å². The largest absolute Gasteiger partial charge is 0.503 e. The molecule has 3 aromatic rings. The molecule has 0 saturated carbocycles. The van der Waals surface area contributed by atoms with Gasteiger partial charge in [-0.1, -0.05) is 54.6 Å². The molecule has 0 saturated heterocycles. The molecular formula is C28H25NO6. The molecule has 0 fully saturated rings. The number of carboxylic acid groups (broad SMARTS) is 1. The highest BCUT2D eigenvalue weighted by Crippen LogP contribution is 2.39. The first kappa shape index (κ1) is 23.8. The maximum atomic E-state index is 13.3. The van der Waals surface area contributed by atoms with Crippen LogP contribution in [0.2, 0.25) is 0 Å². The number of nitrogens with zero attached hydrogens (tertiary/aromatic N) is 1. The lowest BCUT2D eigenvalue weighted by atomic mass is 9.93. The van der Waals surface area contributed by atoms with Crippen molar-refractivity contribution < 1.29 is 29.3 Å². The van der Waals surface area contributed by atoms with E-state index in [0.29, 0.717) is 23.3 Å². The van der Waals surface area contributed by atoms with E-state index < -0.39 is 23.7 Å². The van der Waals surface area contributed by atoms with Crippen LogP contribution in [0, 0.1) is 0 Å². The number of aliphatic hydroxyl groups is 1. The summed E-state index contributed by atoms with van der Waals surface area (Å²) in [7, 11) is 1.55. The van der Waals surface area contributed by atoms with E-state index in [1.165, 1.54) is 17.0 Å². The van der Waals surface area contributed by atoms with Gasteiger partial charge >= 0.3 is 5.97 Å². The lowest BCUT2D eigenvalue weighted by Crippen LogP contribution is -2.30. The SMILES string of the molecule is COc1ccc(C2C(C(=O)CCc3ccccc3)=C(O)C(=O)N2Cc2ccc(C(=O)O)cc2)cc1. The molecule has 1 aliphatic heterocycles. The van der Waals surface area contributed by atoms with E-state index in [0.717, 1.165) is 5.56 Å². The van der Waals surface area contributed by atoms with Crippen LogP contribution in [0.3, 0.4) is 0 Å². The van der Waals surface area contributed by atoms with E-state index in [4.69, 9.17) is 9.84 Å². The standard InChI is InChI=1S/C28H25NO6/c1-35-22-14-12-20(13-15-22)25-24(23(30)16-9-18-5-3-2-4-6-18)26(31)27(32)29(25)17-19-7-10-21(11-8-19)28(33)34/h2-8,10-15,25,31H,9,16-17H2,1H3,(H,33,34). The number of rotatable bonds is 9. The van der Waals surface area contributed by atoms with Crippen molar-refractivity contribution in [2.45, 2.75) is 25.4 Å². The van der Waals surface area contributed by atoms with Crippen LogP contribution in [0.1, 0.15) is 39.5 Å². The van der Waals surface area contributed by atoms with Crippen LogP contribution >= 0.6 is 0 Å². The first-order valence-corrected chi connectivity index (χ1v) is 11.2. The number of aromatic carboxylic acids is 1. The average Bonchev–Trinajstić information content (AvgIpc) is 3.13. The Morgan fingerprint density at radius 3 is 2.17 bits per heavy atom. The molecule has 2 N–H and O–H groups in total. The molecule has 178 valence electrons. The second kappa shape index (κ2) is 10.3. The summed E-state index contributed by atoms with van der Waals surface area (Å²) in [6, 6.07) is 21.9. The Balaban J connectivity index is 1.65. The first-order chi connectivity index (χ1) is 16.9. The molecule has 1 amide bonds. The molecule has 1 unspecified atom stereocenters. The number of aryl methyl sites for hydroxylation is 1. The second-order valence-electron chi connectivity index (χ2n) is 8.28. The highest BCUT2D eigenvalue weighted by Gasteiger charge is 2.43. The molecule has 3 aromatic carbocycles. The van der Waals surface area contributed by atoms with Crippen LogP contribution in [0.15, 0.2) is 90.2 Å². The number of hydrogen-bond acceptors (Lipinski definition) is 5. The smallest absolute Gasteiger partial charge is 0.335 e. The zero-order valence-electron chi connectivity index (χ0n) is 19.2. The van der Waals surface area contributed by atoms with Gasteiger partial charge in [-0.15, -0.1) is 0 Å². The van der Waals surface area contributed by atoms with E-state index in [-0.39, 0.29) is 29.9 Å². The van der Waals surface area contributed by atoms with E-state index in [1.54, 1.807) is 43.5 Å². The van der Waals surface area contributed by atoms with Crippen molar-refractivity contribution in [1.82, 2.24) is 4.90 Å². The van der Waals surface area contributed by atoms with Gasteiger partial charge in [0.15, 0.2) is 11.5 Å². The molecule has 4 rings (SSSR count). The number of aliphatic hydroxyl groups excluding tert-OH is 1. The van der Waals surface area contributed by atoms with Gasteiger partial charge in [-0.2, -0.15) is 0 Å². The Morgan fingerprint density at radius 2 is 1.57 bits per heavy atom. The van der Waals surface area contributed by atoms with Crippen LogP contribution in [0.5, 0.6) is 5.75 Å². The van der Waals surface area contributed by atoms with Crippen LogP contribution in [-0.4, -0.2) is 39.9 Å². The predicted octanol–water partition coefficient (Wildman–Crippen LogP) is 4.49. The van der Waals surface area contributed by atoms with Gasteiger partial charge in [-0.05, 0) is 47.4 Å². The van der Waals surface area contributed by atoms with Gasteiger partial charge in [-0.25, -0.2) is 4.79 Å². The van der Waals surface area contributed by atoms with Crippen molar-refractivity contribution >= 4 is 17.7 Å². The topological polar surface area (TPSA) is 104 Å². The van der Waals surface area contributed by atoms with Gasteiger partial charge in [0.1, 0.15) is 5.75 Å².